The zero-order valence-corrected chi connectivity index (χ0v) is 15.8. The van der Waals surface area contributed by atoms with Crippen molar-refractivity contribution in [3.63, 3.8) is 0 Å². The summed E-state index contributed by atoms with van der Waals surface area (Å²) >= 11 is 0. The van der Waals surface area contributed by atoms with Crippen LogP contribution in [-0.2, 0) is 0 Å². The molecule has 0 bridgehead atoms. The first kappa shape index (κ1) is 17.7. The first-order valence-electron chi connectivity index (χ1n) is 9.44. The normalized spacial score (nSPS) is 17.0. The highest BCUT2D eigenvalue weighted by atomic mass is 19.1. The second kappa shape index (κ2) is 7.16. The molecule has 0 saturated carbocycles. The molecule has 1 aliphatic rings. The summed E-state index contributed by atoms with van der Waals surface area (Å²) in [4.78, 5) is 6.69. The van der Waals surface area contributed by atoms with E-state index >= 15 is 0 Å². The van der Waals surface area contributed by atoms with Gasteiger partial charge < -0.3 is 16.0 Å². The van der Waals surface area contributed by atoms with Crippen LogP contribution in [-0.4, -0.2) is 31.2 Å². The monoisotopic (exact) mass is 364 g/mol. The molecule has 4 nitrogen and oxygen atoms in total. The Bertz CT molecular complexity index is 965. The van der Waals surface area contributed by atoms with E-state index in [1.54, 1.807) is 12.3 Å². The largest absolute Gasteiger partial charge is 0.384 e. The smallest absolute Gasteiger partial charge is 0.131 e. The van der Waals surface area contributed by atoms with Crippen LogP contribution in [0.15, 0.2) is 42.6 Å². The number of rotatable bonds is 4. The molecule has 27 heavy (non-hydrogen) atoms. The van der Waals surface area contributed by atoms with E-state index in [9.17, 15) is 4.39 Å². The van der Waals surface area contributed by atoms with Gasteiger partial charge in [0.25, 0.3) is 0 Å². The molecule has 3 aromatic rings. The number of benzene rings is 2. The van der Waals surface area contributed by atoms with Crippen molar-refractivity contribution in [1.29, 1.82) is 0 Å². The van der Waals surface area contributed by atoms with E-state index in [4.69, 9.17) is 5.73 Å². The molecule has 1 fully saturated rings. The van der Waals surface area contributed by atoms with E-state index in [2.05, 4.69) is 21.3 Å². The topological polar surface area (TPSA) is 54.2 Å². The molecule has 0 unspecified atom stereocenters. The Balaban J connectivity index is 1.95. The van der Waals surface area contributed by atoms with E-state index in [1.807, 2.05) is 32.2 Å². The van der Waals surface area contributed by atoms with Gasteiger partial charge in [0.2, 0.25) is 0 Å². The van der Waals surface area contributed by atoms with Gasteiger partial charge in [0.15, 0.2) is 0 Å². The SMILES string of the molecule is CNC[C@H]1CCCN1c1cc(-c2c(C)cccc2F)cc2cnc(N)cc12. The summed E-state index contributed by atoms with van der Waals surface area (Å²) in [7, 11) is 1.98. The highest BCUT2D eigenvalue weighted by Gasteiger charge is 2.26. The number of hydrogen-bond acceptors (Lipinski definition) is 4. The van der Waals surface area contributed by atoms with Crippen LogP contribution in [0, 0.1) is 12.7 Å². The van der Waals surface area contributed by atoms with E-state index in [-0.39, 0.29) is 5.82 Å². The Morgan fingerprint density at radius 2 is 2.15 bits per heavy atom. The molecule has 5 heteroatoms. The molecule has 3 N–H and O–H groups in total. The van der Waals surface area contributed by atoms with Crippen LogP contribution in [0.3, 0.4) is 0 Å². The van der Waals surface area contributed by atoms with E-state index < -0.39 is 0 Å². The highest BCUT2D eigenvalue weighted by molar-refractivity contribution is 5.99. The molecule has 1 saturated heterocycles. The molecule has 0 spiro atoms. The van der Waals surface area contributed by atoms with Gasteiger partial charge in [0.05, 0.1) is 0 Å². The number of aromatic nitrogens is 1. The third kappa shape index (κ3) is 3.23. The Morgan fingerprint density at radius 1 is 1.30 bits per heavy atom. The van der Waals surface area contributed by atoms with Gasteiger partial charge in [-0.2, -0.15) is 0 Å². The van der Waals surface area contributed by atoms with Crippen molar-refractivity contribution < 1.29 is 4.39 Å². The Labute approximate surface area is 159 Å². The summed E-state index contributed by atoms with van der Waals surface area (Å²) < 4.78 is 14.6. The average molecular weight is 364 g/mol. The second-order valence-electron chi connectivity index (χ2n) is 7.30. The van der Waals surface area contributed by atoms with Crippen molar-refractivity contribution in [1.82, 2.24) is 10.3 Å². The van der Waals surface area contributed by atoms with Crippen LogP contribution in [0.5, 0.6) is 0 Å². The van der Waals surface area contributed by atoms with Crippen molar-refractivity contribution >= 4 is 22.3 Å². The Kier molecular flexibility index (Phi) is 4.70. The molecule has 2 heterocycles. The van der Waals surface area contributed by atoms with E-state index in [1.165, 1.54) is 6.07 Å². The predicted molar refractivity (Wildman–Crippen MR) is 111 cm³/mol. The minimum absolute atomic E-state index is 0.197. The maximum Gasteiger partial charge on any atom is 0.131 e. The molecule has 0 amide bonds. The molecule has 0 aliphatic carbocycles. The van der Waals surface area contributed by atoms with Crippen LogP contribution in [0.2, 0.25) is 0 Å². The first-order chi connectivity index (χ1) is 13.1. The number of anilines is 2. The van der Waals surface area contributed by atoms with Crippen LogP contribution in [0.25, 0.3) is 21.9 Å². The van der Waals surface area contributed by atoms with Gasteiger partial charge in [-0.1, -0.05) is 12.1 Å². The first-order valence-corrected chi connectivity index (χ1v) is 9.44. The number of likely N-dealkylation sites (N-methyl/N-ethyl adjacent to an activating group) is 1. The fourth-order valence-electron chi connectivity index (χ4n) is 4.23. The molecule has 140 valence electrons. The Hall–Kier alpha value is -2.66. The average Bonchev–Trinajstić information content (AvgIpc) is 3.09. The van der Waals surface area contributed by atoms with Gasteiger partial charge >= 0.3 is 0 Å². The summed E-state index contributed by atoms with van der Waals surface area (Å²) in [6.45, 7) is 3.86. The lowest BCUT2D eigenvalue weighted by atomic mass is 9.96. The van der Waals surface area contributed by atoms with Gasteiger partial charge in [-0.05, 0) is 62.2 Å². The van der Waals surface area contributed by atoms with Gasteiger partial charge in [0.1, 0.15) is 11.6 Å². The molecule has 2 aromatic carbocycles. The number of pyridine rings is 1. The van der Waals surface area contributed by atoms with E-state index in [0.29, 0.717) is 17.4 Å². The predicted octanol–water partition coefficient (Wildman–Crippen LogP) is 4.12. The van der Waals surface area contributed by atoms with Crippen molar-refractivity contribution in [2.24, 2.45) is 0 Å². The van der Waals surface area contributed by atoms with Gasteiger partial charge in [-0.15, -0.1) is 0 Å². The standard InChI is InChI=1S/C22H25FN4/c1-14-5-3-7-19(23)22(14)15-9-16-12-26-21(24)11-18(16)20(10-15)27-8-4-6-17(27)13-25-2/h3,5,7,9-12,17,25H,4,6,8,13H2,1-2H3,(H2,24,26)/t17-/m1/s1. The minimum Gasteiger partial charge on any atom is -0.384 e. The minimum atomic E-state index is -0.197. The molecule has 0 radical (unpaired) electrons. The molecule has 1 aliphatic heterocycles. The number of nitrogens with two attached hydrogens (primary N) is 1. The number of aryl methyl sites for hydroxylation is 1. The molecular formula is C22H25FN4. The van der Waals surface area contributed by atoms with Gasteiger partial charge in [-0.25, -0.2) is 9.37 Å². The number of hydrogen-bond donors (Lipinski definition) is 2. The maximum atomic E-state index is 14.6. The lowest BCUT2D eigenvalue weighted by molar-refractivity contribution is 0.616. The van der Waals surface area contributed by atoms with E-state index in [0.717, 1.165) is 53.5 Å². The molecule has 1 aromatic heterocycles. The van der Waals surface area contributed by atoms with Gasteiger partial charge in [0, 0.05) is 47.4 Å². The zero-order chi connectivity index (χ0) is 19.0. The third-order valence-corrected chi connectivity index (χ3v) is 5.47. The van der Waals surface area contributed by atoms with Crippen LogP contribution < -0.4 is 16.0 Å². The fraction of sp³-hybridized carbons (Fsp3) is 0.318. The number of nitrogens with one attached hydrogen (secondary N) is 1. The highest BCUT2D eigenvalue weighted by Crippen LogP contribution is 2.38. The van der Waals surface area contributed by atoms with Crippen LogP contribution >= 0.6 is 0 Å². The summed E-state index contributed by atoms with van der Waals surface area (Å²) in [5, 5.41) is 5.35. The van der Waals surface area contributed by atoms with Crippen LogP contribution in [0.1, 0.15) is 18.4 Å². The fourth-order valence-corrected chi connectivity index (χ4v) is 4.23. The number of halogens is 1. The molecule has 4 rings (SSSR count). The Morgan fingerprint density at radius 3 is 2.93 bits per heavy atom. The lowest BCUT2D eigenvalue weighted by Gasteiger charge is -2.29. The summed E-state index contributed by atoms with van der Waals surface area (Å²) in [5.74, 6) is 0.305. The zero-order valence-electron chi connectivity index (χ0n) is 15.8. The lowest BCUT2D eigenvalue weighted by Crippen LogP contribution is -2.36. The quantitative estimate of drug-likeness (QED) is 0.731. The van der Waals surface area contributed by atoms with Crippen molar-refractivity contribution in [2.45, 2.75) is 25.8 Å². The van der Waals surface area contributed by atoms with Crippen molar-refractivity contribution in [2.75, 3.05) is 30.8 Å². The maximum absolute atomic E-state index is 14.6. The number of nitrogen functional groups attached to an aromatic ring is 1. The molecule has 1 atom stereocenters. The second-order valence-corrected chi connectivity index (χ2v) is 7.30. The number of nitrogens with zero attached hydrogens (tertiary/aromatic N) is 2. The third-order valence-electron chi connectivity index (χ3n) is 5.47. The van der Waals surface area contributed by atoms with Crippen LogP contribution in [0.4, 0.5) is 15.9 Å². The van der Waals surface area contributed by atoms with Crippen molar-refractivity contribution in [3.8, 4) is 11.1 Å². The summed E-state index contributed by atoms with van der Waals surface area (Å²) in [6.07, 6.45) is 4.08. The van der Waals surface area contributed by atoms with Crippen molar-refractivity contribution in [3.05, 3.63) is 54.0 Å². The molecular weight excluding hydrogens is 339 g/mol. The summed E-state index contributed by atoms with van der Waals surface area (Å²) in [5.41, 5.74) is 9.55. The number of fused-ring (bicyclic) bond motifs is 1. The summed E-state index contributed by atoms with van der Waals surface area (Å²) in [6, 6.07) is 11.7. The van der Waals surface area contributed by atoms with Gasteiger partial charge in [-0.3, -0.25) is 0 Å².